The fraction of sp³-hybridized carbons (Fsp3) is 0.562. The number of benzene rings is 1. The molecule has 0 spiro atoms. The van der Waals surface area contributed by atoms with E-state index in [1.807, 2.05) is 42.2 Å². The second kappa shape index (κ2) is 7.70. The lowest BCUT2D eigenvalue weighted by atomic mass is 10.1. The van der Waals surface area contributed by atoms with Crippen LogP contribution in [0.3, 0.4) is 0 Å². The van der Waals surface area contributed by atoms with Gasteiger partial charge in [0.15, 0.2) is 0 Å². The summed E-state index contributed by atoms with van der Waals surface area (Å²) in [6.07, 6.45) is 2.93. The Bertz CT molecular complexity index is 422. The molecule has 0 aromatic heterocycles. The summed E-state index contributed by atoms with van der Waals surface area (Å²) >= 11 is 4.50. The molecule has 1 fully saturated rings. The number of hydrogen-bond acceptors (Lipinski definition) is 3. The molecule has 110 valence electrons. The monoisotopic (exact) mass is 293 g/mol. The molecule has 0 aliphatic carbocycles. The average Bonchev–Trinajstić information content (AvgIpc) is 2.48. The average molecular weight is 293 g/mol. The third-order valence-electron chi connectivity index (χ3n) is 3.65. The van der Waals surface area contributed by atoms with E-state index in [0.29, 0.717) is 19.6 Å². The first-order chi connectivity index (χ1) is 9.70. The summed E-state index contributed by atoms with van der Waals surface area (Å²) in [5.41, 5.74) is 1.15. The van der Waals surface area contributed by atoms with E-state index in [1.165, 1.54) is 0 Å². The van der Waals surface area contributed by atoms with Gasteiger partial charge in [0.05, 0.1) is 11.4 Å². The first kappa shape index (κ1) is 15.4. The van der Waals surface area contributed by atoms with Gasteiger partial charge in [0.2, 0.25) is 5.91 Å². The van der Waals surface area contributed by atoms with E-state index in [1.54, 1.807) is 0 Å². The third kappa shape index (κ3) is 4.25. The van der Waals surface area contributed by atoms with Gasteiger partial charge < -0.3 is 9.64 Å². The minimum absolute atomic E-state index is 0.126. The highest BCUT2D eigenvalue weighted by atomic mass is 32.1. The highest BCUT2D eigenvalue weighted by Crippen LogP contribution is 2.17. The molecular weight excluding hydrogens is 270 g/mol. The molecule has 3 nitrogen and oxygen atoms in total. The molecule has 1 amide bonds. The van der Waals surface area contributed by atoms with Crippen molar-refractivity contribution in [2.75, 3.05) is 19.7 Å². The lowest BCUT2D eigenvalue weighted by Crippen LogP contribution is -2.46. The Morgan fingerprint density at radius 1 is 1.45 bits per heavy atom. The zero-order chi connectivity index (χ0) is 14.4. The Hall–Kier alpha value is -1.00. The van der Waals surface area contributed by atoms with Crippen LogP contribution in [0.5, 0.6) is 0 Å². The Kier molecular flexibility index (Phi) is 5.92. The molecule has 1 heterocycles. The Balaban J connectivity index is 1.89. The summed E-state index contributed by atoms with van der Waals surface area (Å²) in [6, 6.07) is 10.0. The van der Waals surface area contributed by atoms with E-state index < -0.39 is 0 Å². The van der Waals surface area contributed by atoms with Crippen LogP contribution in [-0.4, -0.2) is 41.9 Å². The van der Waals surface area contributed by atoms with Gasteiger partial charge in [-0.2, -0.15) is 12.6 Å². The van der Waals surface area contributed by atoms with E-state index in [9.17, 15) is 4.79 Å². The van der Waals surface area contributed by atoms with Crippen molar-refractivity contribution < 1.29 is 9.53 Å². The second-order valence-electron chi connectivity index (χ2n) is 5.21. The fourth-order valence-electron chi connectivity index (χ4n) is 2.65. The summed E-state index contributed by atoms with van der Waals surface area (Å²) in [6.45, 7) is 4.24. The predicted molar refractivity (Wildman–Crippen MR) is 84.1 cm³/mol. The van der Waals surface area contributed by atoms with Gasteiger partial charge in [-0.1, -0.05) is 30.3 Å². The molecule has 20 heavy (non-hydrogen) atoms. The van der Waals surface area contributed by atoms with Crippen molar-refractivity contribution in [1.29, 1.82) is 0 Å². The number of amides is 1. The maximum atomic E-state index is 12.4. The normalized spacial score (nSPS) is 20.7. The Morgan fingerprint density at radius 3 is 2.90 bits per heavy atom. The van der Waals surface area contributed by atoms with Crippen molar-refractivity contribution in [2.24, 2.45) is 0 Å². The molecular formula is C16H23NO2S. The minimum atomic E-state index is -0.266. The molecule has 1 aromatic rings. The van der Waals surface area contributed by atoms with Crippen LogP contribution < -0.4 is 0 Å². The van der Waals surface area contributed by atoms with Crippen molar-refractivity contribution >= 4 is 18.5 Å². The van der Waals surface area contributed by atoms with Gasteiger partial charge >= 0.3 is 0 Å². The van der Waals surface area contributed by atoms with Crippen molar-refractivity contribution in [2.45, 2.75) is 37.5 Å². The SMILES string of the molecule is CCOC1CCCN(C(=O)C(S)Cc2ccccc2)C1. The van der Waals surface area contributed by atoms with Crippen molar-refractivity contribution in [3.8, 4) is 0 Å². The second-order valence-corrected chi connectivity index (χ2v) is 5.83. The number of carbonyl (C=O) groups is 1. The van der Waals surface area contributed by atoms with Gasteiger partial charge in [0, 0.05) is 19.7 Å². The van der Waals surface area contributed by atoms with E-state index in [2.05, 4.69) is 12.6 Å². The zero-order valence-corrected chi connectivity index (χ0v) is 12.9. The number of piperidine rings is 1. The predicted octanol–water partition coefficient (Wildman–Crippen LogP) is 2.56. The van der Waals surface area contributed by atoms with Gasteiger partial charge in [-0.15, -0.1) is 0 Å². The molecule has 2 unspecified atom stereocenters. The van der Waals surface area contributed by atoms with E-state index in [-0.39, 0.29) is 17.3 Å². The number of nitrogens with zero attached hydrogens (tertiary/aromatic N) is 1. The topological polar surface area (TPSA) is 29.5 Å². The molecule has 0 bridgehead atoms. The quantitative estimate of drug-likeness (QED) is 0.846. The first-order valence-corrected chi connectivity index (χ1v) is 7.84. The van der Waals surface area contributed by atoms with Crippen LogP contribution in [0.1, 0.15) is 25.3 Å². The van der Waals surface area contributed by atoms with Crippen LogP contribution in [-0.2, 0) is 16.0 Å². The van der Waals surface area contributed by atoms with E-state index in [4.69, 9.17) is 4.74 Å². The van der Waals surface area contributed by atoms with Crippen LogP contribution in [0.15, 0.2) is 30.3 Å². The highest BCUT2D eigenvalue weighted by Gasteiger charge is 2.27. The maximum absolute atomic E-state index is 12.4. The third-order valence-corrected chi connectivity index (χ3v) is 4.05. The van der Waals surface area contributed by atoms with Crippen molar-refractivity contribution in [3.05, 3.63) is 35.9 Å². The largest absolute Gasteiger partial charge is 0.377 e. The summed E-state index contributed by atoms with van der Waals surface area (Å²) in [5.74, 6) is 0.126. The summed E-state index contributed by atoms with van der Waals surface area (Å²) in [7, 11) is 0. The lowest BCUT2D eigenvalue weighted by molar-refractivity contribution is -0.134. The molecule has 2 rings (SSSR count). The molecule has 1 aliphatic rings. The lowest BCUT2D eigenvalue weighted by Gasteiger charge is -2.34. The summed E-state index contributed by atoms with van der Waals surface area (Å²) < 4.78 is 5.64. The first-order valence-electron chi connectivity index (χ1n) is 7.33. The number of thiol groups is 1. The van der Waals surface area contributed by atoms with Crippen LogP contribution >= 0.6 is 12.6 Å². The minimum Gasteiger partial charge on any atom is -0.377 e. The Morgan fingerprint density at radius 2 is 2.20 bits per heavy atom. The summed E-state index contributed by atoms with van der Waals surface area (Å²) in [5, 5.41) is -0.266. The highest BCUT2D eigenvalue weighted by molar-refractivity contribution is 7.81. The van der Waals surface area contributed by atoms with Gasteiger partial charge in [0.1, 0.15) is 0 Å². The smallest absolute Gasteiger partial charge is 0.235 e. The number of rotatable bonds is 5. The van der Waals surface area contributed by atoms with Crippen LogP contribution in [0.4, 0.5) is 0 Å². The van der Waals surface area contributed by atoms with Crippen LogP contribution in [0.25, 0.3) is 0 Å². The van der Waals surface area contributed by atoms with Gasteiger partial charge in [0.25, 0.3) is 0 Å². The number of hydrogen-bond donors (Lipinski definition) is 1. The van der Waals surface area contributed by atoms with Gasteiger partial charge in [-0.05, 0) is 31.7 Å². The standard InChI is InChI=1S/C16H23NO2S/c1-2-19-14-9-6-10-17(12-14)16(18)15(20)11-13-7-4-3-5-8-13/h3-5,7-8,14-15,20H,2,6,9-12H2,1H3. The van der Waals surface area contributed by atoms with Crippen LogP contribution in [0, 0.1) is 0 Å². The molecule has 0 N–H and O–H groups in total. The zero-order valence-electron chi connectivity index (χ0n) is 12.0. The Labute approximate surface area is 126 Å². The molecule has 0 radical (unpaired) electrons. The molecule has 4 heteroatoms. The van der Waals surface area contributed by atoms with Gasteiger partial charge in [-0.3, -0.25) is 4.79 Å². The summed E-state index contributed by atoms with van der Waals surface area (Å²) in [4.78, 5) is 14.4. The van der Waals surface area contributed by atoms with Crippen molar-refractivity contribution in [1.82, 2.24) is 4.90 Å². The molecule has 1 saturated heterocycles. The maximum Gasteiger partial charge on any atom is 0.235 e. The number of likely N-dealkylation sites (tertiary alicyclic amines) is 1. The van der Waals surface area contributed by atoms with Gasteiger partial charge in [-0.25, -0.2) is 0 Å². The number of carbonyl (C=O) groups excluding carboxylic acids is 1. The fourth-order valence-corrected chi connectivity index (χ4v) is 3.02. The molecule has 1 aromatic carbocycles. The molecule has 1 aliphatic heterocycles. The number of ether oxygens (including phenoxy) is 1. The van der Waals surface area contributed by atoms with E-state index in [0.717, 1.165) is 24.9 Å². The van der Waals surface area contributed by atoms with Crippen molar-refractivity contribution in [3.63, 3.8) is 0 Å². The molecule has 0 saturated carbocycles. The molecule has 2 atom stereocenters. The van der Waals surface area contributed by atoms with Crippen LogP contribution in [0.2, 0.25) is 0 Å². The van der Waals surface area contributed by atoms with E-state index >= 15 is 0 Å².